The van der Waals surface area contributed by atoms with E-state index in [0.717, 1.165) is 23.9 Å². The highest BCUT2D eigenvalue weighted by atomic mass is 35.5. The van der Waals surface area contributed by atoms with Crippen molar-refractivity contribution >= 4 is 25.5 Å². The lowest BCUT2D eigenvalue weighted by atomic mass is 9.84. The number of hydrogen-bond acceptors (Lipinski definition) is 3. The zero-order valence-corrected chi connectivity index (χ0v) is 18.3. The first kappa shape index (κ1) is 20.7. The second-order valence-corrected chi connectivity index (χ2v) is 13.8. The Labute approximate surface area is 160 Å². The molecule has 1 heterocycles. The number of halogens is 1. The third kappa shape index (κ3) is 5.43. The van der Waals surface area contributed by atoms with E-state index in [9.17, 15) is 0 Å². The molecule has 1 aliphatic carbocycles. The average molecular weight is 382 g/mol. The van der Waals surface area contributed by atoms with E-state index in [4.69, 9.17) is 11.6 Å². The maximum Gasteiger partial charge on any atom is 0.148 e. The summed E-state index contributed by atoms with van der Waals surface area (Å²) in [7, 11) is -0.947. The van der Waals surface area contributed by atoms with E-state index in [0.29, 0.717) is 11.1 Å². The van der Waals surface area contributed by atoms with Crippen molar-refractivity contribution in [2.45, 2.75) is 96.4 Å². The fourth-order valence-corrected chi connectivity index (χ4v) is 8.20. The molecule has 1 aromatic rings. The molecule has 1 N–H and O–H groups in total. The van der Waals surface area contributed by atoms with E-state index in [1.165, 1.54) is 56.3 Å². The van der Waals surface area contributed by atoms with Gasteiger partial charge < -0.3 is 5.32 Å². The van der Waals surface area contributed by atoms with Gasteiger partial charge in [-0.1, -0.05) is 69.9 Å². The number of nitrogens with one attached hydrogen (secondary N) is 1. The molecule has 3 nitrogen and oxygen atoms in total. The largest absolute Gasteiger partial charge is 0.366 e. The third-order valence-electron chi connectivity index (χ3n) is 6.72. The molecule has 0 aliphatic heterocycles. The van der Waals surface area contributed by atoms with Crippen LogP contribution in [0.2, 0.25) is 29.2 Å². The minimum Gasteiger partial charge on any atom is -0.366 e. The molecule has 0 spiro atoms. The van der Waals surface area contributed by atoms with Crippen molar-refractivity contribution in [3.8, 4) is 0 Å². The zero-order chi connectivity index (χ0) is 18.3. The summed E-state index contributed by atoms with van der Waals surface area (Å²) < 4.78 is 0. The summed E-state index contributed by atoms with van der Waals surface area (Å²) in [6.45, 7) is 9.36. The van der Waals surface area contributed by atoms with Gasteiger partial charge in [0.25, 0.3) is 0 Å². The lowest BCUT2D eigenvalue weighted by molar-refractivity contribution is 0.328. The smallest absolute Gasteiger partial charge is 0.148 e. The molecule has 0 amide bonds. The maximum absolute atomic E-state index is 6.42. The highest BCUT2D eigenvalue weighted by Gasteiger charge is 2.29. The highest BCUT2D eigenvalue weighted by molar-refractivity contribution is 6.79. The SMILES string of the molecule is CCc1ncnc(NC2CCC(CC[Si](CC)(CC)CC)CC2)c1Cl. The van der Waals surface area contributed by atoms with E-state index in [2.05, 4.69) is 43.0 Å². The first-order valence-corrected chi connectivity index (χ1v) is 13.5. The van der Waals surface area contributed by atoms with Crippen molar-refractivity contribution in [2.24, 2.45) is 5.92 Å². The van der Waals surface area contributed by atoms with E-state index < -0.39 is 8.07 Å². The molecule has 0 aromatic carbocycles. The summed E-state index contributed by atoms with van der Waals surface area (Å²) in [4.78, 5) is 8.61. The topological polar surface area (TPSA) is 37.8 Å². The quantitative estimate of drug-likeness (QED) is 0.492. The van der Waals surface area contributed by atoms with E-state index >= 15 is 0 Å². The molecule has 1 saturated carbocycles. The number of nitrogens with zero attached hydrogens (tertiary/aromatic N) is 2. The van der Waals surface area contributed by atoms with Crippen LogP contribution in [0, 0.1) is 5.92 Å². The van der Waals surface area contributed by atoms with Crippen LogP contribution in [0.4, 0.5) is 5.82 Å². The molecule has 0 bridgehead atoms. The molecule has 2 rings (SSSR count). The van der Waals surface area contributed by atoms with Crippen molar-refractivity contribution in [3.63, 3.8) is 0 Å². The molecule has 0 unspecified atom stereocenters. The van der Waals surface area contributed by atoms with Gasteiger partial charge in [0.15, 0.2) is 0 Å². The van der Waals surface area contributed by atoms with Crippen LogP contribution >= 0.6 is 11.6 Å². The van der Waals surface area contributed by atoms with Crippen molar-refractivity contribution in [1.29, 1.82) is 0 Å². The second-order valence-electron chi connectivity index (χ2n) is 7.80. The van der Waals surface area contributed by atoms with Crippen LogP contribution in [0.15, 0.2) is 6.33 Å². The minimum absolute atomic E-state index is 0.513. The van der Waals surface area contributed by atoms with Crippen LogP contribution in [0.3, 0.4) is 0 Å². The van der Waals surface area contributed by atoms with E-state index in [-0.39, 0.29) is 0 Å². The van der Waals surface area contributed by atoms with Crippen LogP contribution in [-0.4, -0.2) is 24.1 Å². The summed E-state index contributed by atoms with van der Waals surface area (Å²) in [6.07, 6.45) is 9.12. The molecule has 0 atom stereocenters. The predicted molar refractivity (Wildman–Crippen MR) is 112 cm³/mol. The Kier molecular flexibility index (Phi) is 8.21. The van der Waals surface area contributed by atoms with E-state index in [1.54, 1.807) is 6.33 Å². The first-order valence-electron chi connectivity index (χ1n) is 10.3. The normalized spacial score (nSPS) is 21.3. The Morgan fingerprint density at radius 1 is 1.04 bits per heavy atom. The zero-order valence-electron chi connectivity index (χ0n) is 16.6. The Morgan fingerprint density at radius 2 is 1.68 bits per heavy atom. The highest BCUT2D eigenvalue weighted by Crippen LogP contribution is 2.35. The Bertz CT molecular complexity index is 517. The van der Waals surface area contributed by atoms with Crippen molar-refractivity contribution in [2.75, 3.05) is 5.32 Å². The summed E-state index contributed by atoms with van der Waals surface area (Å²) >= 11 is 6.42. The van der Waals surface area contributed by atoms with Gasteiger partial charge >= 0.3 is 0 Å². The van der Waals surface area contributed by atoms with E-state index in [1.807, 2.05) is 0 Å². The van der Waals surface area contributed by atoms with Crippen molar-refractivity contribution < 1.29 is 0 Å². The van der Waals surface area contributed by atoms with Gasteiger partial charge in [-0.2, -0.15) is 0 Å². The molecular weight excluding hydrogens is 346 g/mol. The molecule has 142 valence electrons. The summed E-state index contributed by atoms with van der Waals surface area (Å²) in [5.74, 6) is 1.76. The molecule has 0 saturated heterocycles. The third-order valence-corrected chi connectivity index (χ3v) is 13.0. The molecule has 1 aromatic heterocycles. The van der Waals surface area contributed by atoms with Gasteiger partial charge in [0.05, 0.1) is 13.8 Å². The van der Waals surface area contributed by atoms with Gasteiger partial charge in [-0.15, -0.1) is 0 Å². The van der Waals surface area contributed by atoms with Gasteiger partial charge in [-0.05, 0) is 38.0 Å². The van der Waals surface area contributed by atoms with Crippen LogP contribution in [-0.2, 0) is 6.42 Å². The standard InChI is InChI=1S/C20H36ClN3Si/c1-5-18-19(21)20(23-15-22-18)24-17-11-9-16(10-12-17)13-14-25(6-2,7-3)8-4/h15-17H,5-14H2,1-4H3,(H,22,23,24). The Balaban J connectivity index is 1.82. The van der Waals surface area contributed by atoms with Crippen LogP contribution in [0.25, 0.3) is 0 Å². The number of aromatic nitrogens is 2. The second kappa shape index (κ2) is 9.91. The first-order chi connectivity index (χ1) is 12.1. The lowest BCUT2D eigenvalue weighted by Crippen LogP contribution is -2.33. The van der Waals surface area contributed by atoms with Gasteiger partial charge in [0.2, 0.25) is 0 Å². The van der Waals surface area contributed by atoms with Crippen LogP contribution in [0.5, 0.6) is 0 Å². The Hall–Kier alpha value is -0.613. The molecule has 1 fully saturated rings. The predicted octanol–water partition coefficient (Wildman–Crippen LogP) is 6.56. The summed E-state index contributed by atoms with van der Waals surface area (Å²) in [6, 6.07) is 6.43. The number of aryl methyl sites for hydroxylation is 1. The molecule has 5 heteroatoms. The van der Waals surface area contributed by atoms with Crippen LogP contribution < -0.4 is 5.32 Å². The Morgan fingerprint density at radius 3 is 2.24 bits per heavy atom. The van der Waals surface area contributed by atoms with Gasteiger partial charge in [-0.3, -0.25) is 0 Å². The lowest BCUT2D eigenvalue weighted by Gasteiger charge is -2.33. The number of hydrogen-bond donors (Lipinski definition) is 1. The molecule has 0 radical (unpaired) electrons. The number of rotatable bonds is 9. The molecular formula is C20H36ClN3Si. The minimum atomic E-state index is -0.947. The van der Waals surface area contributed by atoms with Gasteiger partial charge in [-0.25, -0.2) is 9.97 Å². The molecule has 1 aliphatic rings. The van der Waals surface area contributed by atoms with Gasteiger partial charge in [0, 0.05) is 6.04 Å². The maximum atomic E-state index is 6.42. The number of anilines is 1. The molecule has 25 heavy (non-hydrogen) atoms. The van der Waals surface area contributed by atoms with Crippen LogP contribution in [0.1, 0.15) is 65.5 Å². The summed E-state index contributed by atoms with van der Waals surface area (Å²) in [5.41, 5.74) is 0.938. The summed E-state index contributed by atoms with van der Waals surface area (Å²) in [5, 5.41) is 4.28. The van der Waals surface area contributed by atoms with Gasteiger partial charge in [0.1, 0.15) is 17.2 Å². The van der Waals surface area contributed by atoms with Crippen molar-refractivity contribution in [1.82, 2.24) is 9.97 Å². The average Bonchev–Trinajstić information content (AvgIpc) is 2.66. The fraction of sp³-hybridized carbons (Fsp3) is 0.800. The monoisotopic (exact) mass is 381 g/mol. The van der Waals surface area contributed by atoms with Crippen molar-refractivity contribution in [3.05, 3.63) is 17.0 Å². The fourth-order valence-electron chi connectivity index (χ4n) is 4.33.